The highest BCUT2D eigenvalue weighted by Crippen LogP contribution is 2.07. The number of ether oxygens (including phenoxy) is 1. The van der Waals surface area contributed by atoms with E-state index in [4.69, 9.17) is 4.74 Å². The average Bonchev–Trinajstić information content (AvgIpc) is 3.03. The third kappa shape index (κ3) is 5.21. The van der Waals surface area contributed by atoms with Gasteiger partial charge in [-0.15, -0.1) is 11.3 Å². The molecule has 21 heavy (non-hydrogen) atoms. The summed E-state index contributed by atoms with van der Waals surface area (Å²) < 4.78 is 5.11. The maximum absolute atomic E-state index is 5.11. The third-order valence-corrected chi connectivity index (χ3v) is 3.90. The molecule has 0 aliphatic carbocycles. The predicted molar refractivity (Wildman–Crippen MR) is 88.5 cm³/mol. The Hall–Kier alpha value is -1.85. The summed E-state index contributed by atoms with van der Waals surface area (Å²) in [6.07, 6.45) is 0. The summed E-state index contributed by atoms with van der Waals surface area (Å²) in [5.41, 5.74) is 2.40. The molecule has 2 aromatic rings. The maximum Gasteiger partial charge on any atom is 0.191 e. The largest absolute Gasteiger partial charge is 0.380 e. The summed E-state index contributed by atoms with van der Waals surface area (Å²) >= 11 is 1.74. The van der Waals surface area contributed by atoms with Gasteiger partial charge in [-0.3, -0.25) is 4.99 Å². The Kier molecular flexibility index (Phi) is 6.24. The number of hydrogen-bond acceptors (Lipinski definition) is 3. The van der Waals surface area contributed by atoms with Crippen LogP contribution >= 0.6 is 11.3 Å². The number of nitrogens with one attached hydrogen (secondary N) is 2. The molecule has 5 heteroatoms. The van der Waals surface area contributed by atoms with Crippen molar-refractivity contribution in [2.45, 2.75) is 19.7 Å². The quantitative estimate of drug-likeness (QED) is 0.637. The van der Waals surface area contributed by atoms with E-state index in [1.807, 2.05) is 0 Å². The minimum Gasteiger partial charge on any atom is -0.380 e. The molecule has 2 rings (SSSR count). The van der Waals surface area contributed by atoms with Crippen molar-refractivity contribution in [2.24, 2.45) is 4.99 Å². The van der Waals surface area contributed by atoms with Gasteiger partial charge in [0.25, 0.3) is 0 Å². The molecule has 2 N–H and O–H groups in total. The molecule has 4 nitrogen and oxygen atoms in total. The van der Waals surface area contributed by atoms with Crippen LogP contribution in [-0.2, 0) is 24.4 Å². The lowest BCUT2D eigenvalue weighted by molar-refractivity contribution is 0.185. The van der Waals surface area contributed by atoms with Crippen molar-refractivity contribution in [3.63, 3.8) is 0 Å². The molecule has 0 aliphatic rings. The SMILES string of the molecule is CN=C(NCc1ccc(COC)cc1)NCc1cccs1. The lowest BCUT2D eigenvalue weighted by Crippen LogP contribution is -2.36. The molecular weight excluding hydrogens is 282 g/mol. The van der Waals surface area contributed by atoms with Crippen LogP contribution in [0.5, 0.6) is 0 Å². The van der Waals surface area contributed by atoms with Gasteiger partial charge < -0.3 is 15.4 Å². The normalized spacial score (nSPS) is 11.4. The van der Waals surface area contributed by atoms with E-state index in [0.29, 0.717) is 6.61 Å². The molecule has 112 valence electrons. The van der Waals surface area contributed by atoms with Crippen molar-refractivity contribution < 1.29 is 4.74 Å². The van der Waals surface area contributed by atoms with E-state index in [1.54, 1.807) is 25.5 Å². The molecule has 0 fully saturated rings. The second-order valence-electron chi connectivity index (χ2n) is 4.61. The van der Waals surface area contributed by atoms with Crippen LogP contribution in [0, 0.1) is 0 Å². The summed E-state index contributed by atoms with van der Waals surface area (Å²) in [5, 5.41) is 8.69. The molecule has 0 saturated heterocycles. The molecule has 0 aliphatic heterocycles. The second-order valence-corrected chi connectivity index (χ2v) is 5.64. The van der Waals surface area contributed by atoms with Crippen LogP contribution in [0.4, 0.5) is 0 Å². The zero-order valence-corrected chi connectivity index (χ0v) is 13.2. The van der Waals surface area contributed by atoms with Crippen molar-refractivity contribution in [1.82, 2.24) is 10.6 Å². The number of methoxy groups -OCH3 is 1. The third-order valence-electron chi connectivity index (χ3n) is 3.03. The average molecular weight is 303 g/mol. The van der Waals surface area contributed by atoms with Gasteiger partial charge in [0.2, 0.25) is 0 Å². The van der Waals surface area contributed by atoms with Crippen LogP contribution in [0.3, 0.4) is 0 Å². The Balaban J connectivity index is 1.79. The van der Waals surface area contributed by atoms with Crippen LogP contribution < -0.4 is 10.6 Å². The highest BCUT2D eigenvalue weighted by Gasteiger charge is 2.00. The predicted octanol–water partition coefficient (Wildman–Crippen LogP) is 2.76. The molecule has 0 saturated carbocycles. The van der Waals surface area contributed by atoms with Crippen molar-refractivity contribution in [2.75, 3.05) is 14.2 Å². The number of thiophene rings is 1. The first-order chi connectivity index (χ1) is 10.3. The zero-order chi connectivity index (χ0) is 14.9. The fraction of sp³-hybridized carbons (Fsp3) is 0.312. The van der Waals surface area contributed by atoms with Crippen LogP contribution in [0.1, 0.15) is 16.0 Å². The molecule has 1 aromatic carbocycles. The van der Waals surface area contributed by atoms with Gasteiger partial charge in [0.05, 0.1) is 13.2 Å². The molecule has 0 atom stereocenters. The fourth-order valence-corrected chi connectivity index (χ4v) is 2.55. The van der Waals surface area contributed by atoms with Gasteiger partial charge in [0.15, 0.2) is 5.96 Å². The van der Waals surface area contributed by atoms with Crippen molar-refractivity contribution in [3.8, 4) is 0 Å². The van der Waals surface area contributed by atoms with E-state index < -0.39 is 0 Å². The number of aliphatic imine (C=N–C) groups is 1. The molecule has 1 heterocycles. The highest BCUT2D eigenvalue weighted by atomic mass is 32.1. The van der Waals surface area contributed by atoms with Gasteiger partial charge >= 0.3 is 0 Å². The molecule has 0 bridgehead atoms. The molecule has 0 amide bonds. The van der Waals surface area contributed by atoms with E-state index in [9.17, 15) is 0 Å². The van der Waals surface area contributed by atoms with E-state index in [2.05, 4.69) is 57.4 Å². The van der Waals surface area contributed by atoms with Crippen LogP contribution in [0.25, 0.3) is 0 Å². The smallest absolute Gasteiger partial charge is 0.191 e. The fourth-order valence-electron chi connectivity index (χ4n) is 1.91. The van der Waals surface area contributed by atoms with E-state index in [1.165, 1.54) is 16.0 Å². The maximum atomic E-state index is 5.11. The number of rotatable bonds is 6. The van der Waals surface area contributed by atoms with Crippen LogP contribution in [0.15, 0.2) is 46.8 Å². The summed E-state index contributed by atoms with van der Waals surface area (Å²) in [5.74, 6) is 0.810. The summed E-state index contributed by atoms with van der Waals surface area (Å²) in [4.78, 5) is 5.52. The Morgan fingerprint density at radius 3 is 2.43 bits per heavy atom. The topological polar surface area (TPSA) is 45.7 Å². The second kappa shape index (κ2) is 8.44. The Morgan fingerprint density at radius 1 is 1.10 bits per heavy atom. The zero-order valence-electron chi connectivity index (χ0n) is 12.4. The summed E-state index contributed by atoms with van der Waals surface area (Å²) in [6, 6.07) is 12.5. The summed E-state index contributed by atoms with van der Waals surface area (Å²) in [6.45, 7) is 2.19. The van der Waals surface area contributed by atoms with Crippen LogP contribution in [-0.4, -0.2) is 20.1 Å². The molecule has 0 unspecified atom stereocenters. The molecular formula is C16H21N3OS. The van der Waals surface area contributed by atoms with E-state index in [0.717, 1.165) is 19.0 Å². The monoisotopic (exact) mass is 303 g/mol. The minimum atomic E-state index is 0.651. The summed E-state index contributed by atoms with van der Waals surface area (Å²) in [7, 11) is 3.49. The van der Waals surface area contributed by atoms with Gasteiger partial charge in [-0.25, -0.2) is 0 Å². The number of hydrogen-bond donors (Lipinski definition) is 2. The van der Waals surface area contributed by atoms with Gasteiger partial charge in [-0.2, -0.15) is 0 Å². The first kappa shape index (κ1) is 15.5. The molecule has 0 spiro atoms. The van der Waals surface area contributed by atoms with Gasteiger partial charge in [-0.05, 0) is 22.6 Å². The first-order valence-electron chi connectivity index (χ1n) is 6.85. The van der Waals surface area contributed by atoms with Crippen molar-refractivity contribution >= 4 is 17.3 Å². The Morgan fingerprint density at radius 2 is 1.81 bits per heavy atom. The number of benzene rings is 1. The standard InChI is InChI=1S/C16H21N3OS/c1-17-16(19-11-15-4-3-9-21-15)18-10-13-5-7-14(8-6-13)12-20-2/h3-9H,10-12H2,1-2H3,(H2,17,18,19). The minimum absolute atomic E-state index is 0.651. The highest BCUT2D eigenvalue weighted by molar-refractivity contribution is 7.09. The molecule has 0 radical (unpaired) electrons. The number of guanidine groups is 1. The van der Waals surface area contributed by atoms with Crippen LogP contribution in [0.2, 0.25) is 0 Å². The lowest BCUT2D eigenvalue weighted by atomic mass is 10.1. The Labute approximate surface area is 129 Å². The Bertz CT molecular complexity index is 549. The lowest BCUT2D eigenvalue weighted by Gasteiger charge is -2.11. The van der Waals surface area contributed by atoms with E-state index in [-0.39, 0.29) is 0 Å². The molecule has 1 aromatic heterocycles. The van der Waals surface area contributed by atoms with Crippen molar-refractivity contribution in [1.29, 1.82) is 0 Å². The van der Waals surface area contributed by atoms with Crippen molar-refractivity contribution in [3.05, 3.63) is 57.8 Å². The van der Waals surface area contributed by atoms with Gasteiger partial charge in [0.1, 0.15) is 0 Å². The van der Waals surface area contributed by atoms with Gasteiger partial charge in [0, 0.05) is 25.6 Å². The first-order valence-corrected chi connectivity index (χ1v) is 7.73. The van der Waals surface area contributed by atoms with Gasteiger partial charge in [-0.1, -0.05) is 30.3 Å². The number of nitrogens with zero attached hydrogens (tertiary/aromatic N) is 1. The van der Waals surface area contributed by atoms with E-state index >= 15 is 0 Å².